The lowest BCUT2D eigenvalue weighted by atomic mass is 9.97. The fraction of sp³-hybridized carbons (Fsp3) is 0.455. The second kappa shape index (κ2) is 5.30. The fourth-order valence-electron chi connectivity index (χ4n) is 1.02. The minimum absolute atomic E-state index is 0.0118. The maximum Gasteiger partial charge on any atom is 0.252 e. The molecule has 0 aromatic carbocycles. The van der Waals surface area contributed by atoms with Gasteiger partial charge in [-0.1, -0.05) is 29.8 Å². The highest BCUT2D eigenvalue weighted by Gasteiger charge is 2.17. The summed E-state index contributed by atoms with van der Waals surface area (Å²) in [5.41, 5.74) is 0.264. The molecule has 0 unspecified atom stereocenters. The normalized spacial score (nSPS) is 11.2. The van der Waals surface area contributed by atoms with Crippen LogP contribution in [0.15, 0.2) is 23.1 Å². The summed E-state index contributed by atoms with van der Waals surface area (Å²) in [6, 6.07) is 2.85. The number of aromatic amines is 1. The van der Waals surface area contributed by atoms with Gasteiger partial charge in [-0.15, -0.1) is 0 Å². The molecule has 88 valence electrons. The van der Waals surface area contributed by atoms with Gasteiger partial charge in [0.15, 0.2) is 0 Å². The van der Waals surface area contributed by atoms with Crippen LogP contribution in [0, 0.1) is 5.41 Å². The van der Waals surface area contributed by atoms with Crippen LogP contribution >= 0.6 is 15.9 Å². The molecule has 0 atom stereocenters. The number of carbonyl (C=O) groups is 1. The summed E-state index contributed by atoms with van der Waals surface area (Å²) in [6.45, 7) is 4.68. The summed E-state index contributed by atoms with van der Waals surface area (Å²) in [5, 5.41) is 3.63. The largest absolute Gasteiger partial charge is 0.351 e. The van der Waals surface area contributed by atoms with Crippen molar-refractivity contribution in [2.75, 3.05) is 11.9 Å². The highest BCUT2D eigenvalue weighted by molar-refractivity contribution is 9.09. The molecule has 1 aromatic heterocycles. The van der Waals surface area contributed by atoms with E-state index in [1.165, 1.54) is 18.3 Å². The van der Waals surface area contributed by atoms with E-state index < -0.39 is 0 Å². The second-order valence-electron chi connectivity index (χ2n) is 4.42. The molecule has 0 radical (unpaired) electrons. The zero-order valence-electron chi connectivity index (χ0n) is 9.34. The third-order valence-corrected chi connectivity index (χ3v) is 3.65. The van der Waals surface area contributed by atoms with Crippen molar-refractivity contribution in [1.29, 1.82) is 0 Å². The van der Waals surface area contributed by atoms with Crippen LogP contribution < -0.4 is 10.9 Å². The molecule has 1 amide bonds. The first-order valence-corrected chi connectivity index (χ1v) is 6.10. The molecule has 1 aromatic rings. The molecule has 4 nitrogen and oxygen atoms in total. The monoisotopic (exact) mass is 286 g/mol. The molecule has 0 saturated heterocycles. The molecule has 1 rings (SSSR count). The van der Waals surface area contributed by atoms with Gasteiger partial charge >= 0.3 is 0 Å². The number of hydrogen-bond acceptors (Lipinski definition) is 2. The lowest BCUT2D eigenvalue weighted by molar-refractivity contribution is 0.0940. The van der Waals surface area contributed by atoms with Crippen molar-refractivity contribution in [2.45, 2.75) is 13.8 Å². The van der Waals surface area contributed by atoms with E-state index in [-0.39, 0.29) is 16.9 Å². The van der Waals surface area contributed by atoms with E-state index in [0.717, 1.165) is 5.33 Å². The van der Waals surface area contributed by atoms with Crippen LogP contribution in [0.4, 0.5) is 0 Å². The van der Waals surface area contributed by atoms with Crippen molar-refractivity contribution in [3.63, 3.8) is 0 Å². The SMILES string of the molecule is CC(C)(CBr)CNC(=O)c1ccc(=O)[nH]c1. The average molecular weight is 287 g/mol. The number of H-pyrrole nitrogens is 1. The number of nitrogens with one attached hydrogen (secondary N) is 2. The van der Waals surface area contributed by atoms with Gasteiger partial charge in [-0.25, -0.2) is 0 Å². The van der Waals surface area contributed by atoms with Crippen LogP contribution in [0.3, 0.4) is 0 Å². The van der Waals surface area contributed by atoms with Gasteiger partial charge in [0, 0.05) is 24.1 Å². The van der Waals surface area contributed by atoms with E-state index in [4.69, 9.17) is 0 Å². The van der Waals surface area contributed by atoms with Gasteiger partial charge in [0.1, 0.15) is 0 Å². The molecule has 5 heteroatoms. The molecule has 1 heterocycles. The van der Waals surface area contributed by atoms with Crippen LogP contribution in [0.2, 0.25) is 0 Å². The molecule has 0 fully saturated rings. The Morgan fingerprint density at radius 3 is 2.69 bits per heavy atom. The van der Waals surface area contributed by atoms with Crippen LogP contribution in [0.25, 0.3) is 0 Å². The van der Waals surface area contributed by atoms with Gasteiger partial charge in [0.05, 0.1) is 5.56 Å². The van der Waals surface area contributed by atoms with Gasteiger partial charge in [0.25, 0.3) is 5.91 Å². The Kier molecular flexibility index (Phi) is 4.29. The van der Waals surface area contributed by atoms with Crippen LogP contribution in [-0.4, -0.2) is 22.8 Å². The lowest BCUT2D eigenvalue weighted by Gasteiger charge is -2.21. The maximum absolute atomic E-state index is 11.7. The Bertz CT molecular complexity index is 406. The van der Waals surface area contributed by atoms with Crippen molar-refractivity contribution in [2.24, 2.45) is 5.41 Å². The van der Waals surface area contributed by atoms with Crippen molar-refractivity contribution in [1.82, 2.24) is 10.3 Å². The molecule has 16 heavy (non-hydrogen) atoms. The molecule has 2 N–H and O–H groups in total. The number of halogens is 1. The Balaban J connectivity index is 2.60. The van der Waals surface area contributed by atoms with Gasteiger partial charge < -0.3 is 10.3 Å². The number of aromatic nitrogens is 1. The summed E-state index contributed by atoms with van der Waals surface area (Å²) < 4.78 is 0. The standard InChI is InChI=1S/C11H15BrN2O2/c1-11(2,6-12)7-14-10(16)8-3-4-9(15)13-5-8/h3-5H,6-7H2,1-2H3,(H,13,15)(H,14,16). The average Bonchev–Trinajstić information content (AvgIpc) is 2.27. The fourth-order valence-corrected chi connectivity index (χ4v) is 1.22. The Labute approximate surface area is 103 Å². The van der Waals surface area contributed by atoms with E-state index in [1.807, 2.05) is 0 Å². The zero-order valence-corrected chi connectivity index (χ0v) is 10.9. The van der Waals surface area contributed by atoms with Crippen LogP contribution in [-0.2, 0) is 0 Å². The Morgan fingerprint density at radius 2 is 2.19 bits per heavy atom. The quantitative estimate of drug-likeness (QED) is 0.825. The number of hydrogen-bond donors (Lipinski definition) is 2. The first-order chi connectivity index (χ1) is 7.44. The van der Waals surface area contributed by atoms with Crippen molar-refractivity contribution < 1.29 is 4.79 Å². The minimum atomic E-state index is -0.211. The topological polar surface area (TPSA) is 62.0 Å². The predicted octanol–water partition coefficient (Wildman–Crippen LogP) is 1.53. The van der Waals surface area contributed by atoms with Crippen LogP contribution in [0.1, 0.15) is 24.2 Å². The van der Waals surface area contributed by atoms with Crippen molar-refractivity contribution in [3.8, 4) is 0 Å². The highest BCUT2D eigenvalue weighted by atomic mass is 79.9. The third-order valence-electron chi connectivity index (χ3n) is 2.14. The second-order valence-corrected chi connectivity index (χ2v) is 4.98. The number of rotatable bonds is 4. The minimum Gasteiger partial charge on any atom is -0.351 e. The molecular formula is C11H15BrN2O2. The first-order valence-electron chi connectivity index (χ1n) is 4.97. The first kappa shape index (κ1) is 13.0. The van der Waals surface area contributed by atoms with Crippen LogP contribution in [0.5, 0.6) is 0 Å². The number of pyridine rings is 1. The molecule has 0 aliphatic heterocycles. The summed E-state index contributed by atoms with van der Waals surface area (Å²) in [5.74, 6) is -0.176. The van der Waals surface area contributed by atoms with Gasteiger partial charge in [-0.3, -0.25) is 9.59 Å². The Hall–Kier alpha value is -1.10. The van der Waals surface area contributed by atoms with E-state index in [9.17, 15) is 9.59 Å². The third kappa shape index (κ3) is 3.81. The highest BCUT2D eigenvalue weighted by Crippen LogP contribution is 2.16. The molecule has 0 saturated carbocycles. The smallest absolute Gasteiger partial charge is 0.252 e. The van der Waals surface area contributed by atoms with Gasteiger partial charge in [-0.05, 0) is 11.5 Å². The molecule has 0 aliphatic carbocycles. The van der Waals surface area contributed by atoms with E-state index >= 15 is 0 Å². The predicted molar refractivity (Wildman–Crippen MR) is 67.0 cm³/mol. The number of alkyl halides is 1. The van der Waals surface area contributed by atoms with Gasteiger partial charge in [0.2, 0.25) is 5.56 Å². The zero-order chi connectivity index (χ0) is 12.2. The summed E-state index contributed by atoms with van der Waals surface area (Å²) in [6.07, 6.45) is 1.42. The summed E-state index contributed by atoms with van der Waals surface area (Å²) in [7, 11) is 0. The number of amides is 1. The summed E-state index contributed by atoms with van der Waals surface area (Å²) >= 11 is 3.39. The Morgan fingerprint density at radius 1 is 1.50 bits per heavy atom. The van der Waals surface area contributed by atoms with Gasteiger partial charge in [-0.2, -0.15) is 0 Å². The van der Waals surface area contributed by atoms with Crippen molar-refractivity contribution in [3.05, 3.63) is 34.2 Å². The molecular weight excluding hydrogens is 272 g/mol. The van der Waals surface area contributed by atoms with Crippen molar-refractivity contribution >= 4 is 21.8 Å². The van der Waals surface area contributed by atoms with E-state index in [0.29, 0.717) is 12.1 Å². The number of carbonyl (C=O) groups excluding carboxylic acids is 1. The van der Waals surface area contributed by atoms with E-state index in [1.54, 1.807) is 0 Å². The summed E-state index contributed by atoms with van der Waals surface area (Å²) in [4.78, 5) is 25.0. The molecule has 0 aliphatic rings. The van der Waals surface area contributed by atoms with E-state index in [2.05, 4.69) is 40.1 Å². The maximum atomic E-state index is 11.7. The molecule has 0 bridgehead atoms. The lowest BCUT2D eigenvalue weighted by Crippen LogP contribution is -2.35. The molecule has 0 spiro atoms.